The summed E-state index contributed by atoms with van der Waals surface area (Å²) in [5.41, 5.74) is 1.01. The van der Waals surface area contributed by atoms with E-state index in [1.54, 1.807) is 6.92 Å². The molecule has 0 aromatic heterocycles. The van der Waals surface area contributed by atoms with Crippen LogP contribution in [0, 0.1) is 52.3 Å². The van der Waals surface area contributed by atoms with Crippen molar-refractivity contribution in [1.29, 1.82) is 0 Å². The minimum absolute atomic E-state index is 0.0933. The van der Waals surface area contributed by atoms with Crippen molar-refractivity contribution in [2.24, 2.45) is 52.3 Å². The fourth-order valence-corrected chi connectivity index (χ4v) is 9.10. The summed E-state index contributed by atoms with van der Waals surface area (Å²) < 4.78 is 5.65. The third kappa shape index (κ3) is 4.15. The van der Waals surface area contributed by atoms with E-state index in [-0.39, 0.29) is 12.1 Å². The lowest BCUT2D eigenvalue weighted by Crippen LogP contribution is -2.54. The quantitative estimate of drug-likeness (QED) is 0.329. The van der Waals surface area contributed by atoms with Crippen molar-refractivity contribution < 1.29 is 9.53 Å². The van der Waals surface area contributed by atoms with Crippen LogP contribution in [0.1, 0.15) is 106 Å². The number of rotatable bonds is 5. The zero-order valence-electron chi connectivity index (χ0n) is 21.2. The van der Waals surface area contributed by atoms with Gasteiger partial charge in [-0.2, -0.15) is 0 Å². The summed E-state index contributed by atoms with van der Waals surface area (Å²) in [6.07, 6.45) is 18.5. The molecule has 0 amide bonds. The molecular formula is C29H48O2. The second-order valence-electron chi connectivity index (χ2n) is 12.5. The lowest BCUT2D eigenvalue weighted by atomic mass is 9.44. The number of ether oxygens (including phenoxy) is 1. The minimum atomic E-state index is -0.0933. The van der Waals surface area contributed by atoms with E-state index in [0.29, 0.717) is 22.7 Å². The standard InChI is InChI=1S/C29H48O2/c1-7-19(2)8-9-20(3)25-12-13-26-24-11-10-22-18-23(31-21(4)30)14-16-28(22,5)27(24)15-17-29(25,26)6/h8-9,19-20,22-27H,7,10-18H2,1-6H3/b9-8-/t19-,20-,22+,23+,24+,25-,26+,27+,28+,29-/m1/s1. The Balaban J connectivity index is 1.47. The van der Waals surface area contributed by atoms with Crippen LogP contribution >= 0.6 is 0 Å². The highest BCUT2D eigenvalue weighted by molar-refractivity contribution is 5.66. The van der Waals surface area contributed by atoms with E-state index in [4.69, 9.17) is 4.74 Å². The molecule has 0 aliphatic heterocycles. The summed E-state index contributed by atoms with van der Waals surface area (Å²) in [7, 11) is 0. The Morgan fingerprint density at radius 1 is 0.968 bits per heavy atom. The molecule has 0 saturated heterocycles. The van der Waals surface area contributed by atoms with Gasteiger partial charge in [-0.3, -0.25) is 4.79 Å². The molecule has 4 fully saturated rings. The highest BCUT2D eigenvalue weighted by Crippen LogP contribution is 2.68. The Bertz CT molecular complexity index is 682. The predicted molar refractivity (Wildman–Crippen MR) is 129 cm³/mol. The van der Waals surface area contributed by atoms with Crippen LogP contribution in [0.25, 0.3) is 0 Å². The molecule has 0 spiro atoms. The Morgan fingerprint density at radius 2 is 1.68 bits per heavy atom. The number of allylic oxidation sites excluding steroid dienone is 2. The van der Waals surface area contributed by atoms with Crippen LogP contribution in [0.3, 0.4) is 0 Å². The molecule has 10 atom stereocenters. The van der Waals surface area contributed by atoms with Gasteiger partial charge in [0.1, 0.15) is 6.10 Å². The number of hydrogen-bond donors (Lipinski definition) is 0. The average Bonchev–Trinajstić information content (AvgIpc) is 3.09. The number of hydrogen-bond acceptors (Lipinski definition) is 2. The summed E-state index contributed by atoms with van der Waals surface area (Å²) in [6.45, 7) is 14.0. The topological polar surface area (TPSA) is 26.3 Å². The van der Waals surface area contributed by atoms with Gasteiger partial charge in [0, 0.05) is 6.92 Å². The first-order valence-electron chi connectivity index (χ1n) is 13.5. The normalized spacial score (nSPS) is 46.6. The number of carbonyl (C=O) groups is 1. The minimum Gasteiger partial charge on any atom is -0.463 e. The van der Waals surface area contributed by atoms with Gasteiger partial charge in [0.05, 0.1) is 0 Å². The van der Waals surface area contributed by atoms with Gasteiger partial charge in [0.25, 0.3) is 0 Å². The van der Waals surface area contributed by atoms with Gasteiger partial charge in [0.2, 0.25) is 0 Å². The van der Waals surface area contributed by atoms with Crippen LogP contribution in [-0.4, -0.2) is 12.1 Å². The predicted octanol–water partition coefficient (Wildman–Crippen LogP) is 7.82. The summed E-state index contributed by atoms with van der Waals surface area (Å²) in [6, 6.07) is 0. The van der Waals surface area contributed by atoms with Gasteiger partial charge in [0.15, 0.2) is 0 Å². The molecule has 0 radical (unpaired) electrons. The number of fused-ring (bicyclic) bond motifs is 5. The molecule has 0 heterocycles. The number of esters is 1. The Hall–Kier alpha value is -0.790. The second-order valence-corrected chi connectivity index (χ2v) is 12.5. The van der Waals surface area contributed by atoms with Crippen LogP contribution in [0.15, 0.2) is 12.2 Å². The van der Waals surface area contributed by atoms with Gasteiger partial charge < -0.3 is 4.74 Å². The van der Waals surface area contributed by atoms with E-state index in [0.717, 1.165) is 42.4 Å². The maximum absolute atomic E-state index is 11.5. The van der Waals surface area contributed by atoms with E-state index < -0.39 is 0 Å². The van der Waals surface area contributed by atoms with E-state index in [9.17, 15) is 4.79 Å². The first kappa shape index (κ1) is 23.4. The SMILES string of the molecule is CC[C@@H](C)/C=C\[C@@H](C)[C@H]1CC[C@H]2[C@@H]3CC[C@H]4C[C@@H](OC(C)=O)CC[C@]4(C)[C@H]3CC[C@]12C. The van der Waals surface area contributed by atoms with Crippen LogP contribution in [0.5, 0.6) is 0 Å². The molecule has 0 N–H and O–H groups in total. The Kier molecular flexibility index (Phi) is 6.68. The van der Waals surface area contributed by atoms with E-state index >= 15 is 0 Å². The lowest BCUT2D eigenvalue weighted by molar-refractivity contribution is -0.160. The van der Waals surface area contributed by atoms with Gasteiger partial charge in [-0.15, -0.1) is 0 Å². The van der Waals surface area contributed by atoms with Gasteiger partial charge in [-0.25, -0.2) is 0 Å². The Labute approximate surface area is 192 Å². The van der Waals surface area contributed by atoms with Crippen molar-refractivity contribution in [3.8, 4) is 0 Å². The first-order chi connectivity index (χ1) is 14.7. The van der Waals surface area contributed by atoms with Gasteiger partial charge >= 0.3 is 5.97 Å². The second kappa shape index (κ2) is 8.86. The van der Waals surface area contributed by atoms with E-state index in [1.165, 1.54) is 51.4 Å². The smallest absolute Gasteiger partial charge is 0.302 e. The number of carbonyl (C=O) groups excluding carboxylic acids is 1. The van der Waals surface area contributed by atoms with Crippen molar-refractivity contribution in [2.75, 3.05) is 0 Å². The molecule has 176 valence electrons. The highest BCUT2D eigenvalue weighted by Gasteiger charge is 2.60. The van der Waals surface area contributed by atoms with Crippen molar-refractivity contribution in [1.82, 2.24) is 0 Å². The molecule has 4 aliphatic carbocycles. The molecule has 4 aliphatic rings. The molecule has 31 heavy (non-hydrogen) atoms. The van der Waals surface area contributed by atoms with E-state index in [1.807, 2.05) is 0 Å². The highest BCUT2D eigenvalue weighted by atomic mass is 16.5. The first-order valence-corrected chi connectivity index (χ1v) is 13.5. The van der Waals surface area contributed by atoms with Gasteiger partial charge in [-0.1, -0.05) is 53.2 Å². The molecule has 0 bridgehead atoms. The lowest BCUT2D eigenvalue weighted by Gasteiger charge is -2.61. The summed E-state index contributed by atoms with van der Waals surface area (Å²) in [5.74, 6) is 5.71. The van der Waals surface area contributed by atoms with Crippen molar-refractivity contribution in [3.63, 3.8) is 0 Å². The zero-order valence-corrected chi connectivity index (χ0v) is 21.2. The maximum Gasteiger partial charge on any atom is 0.302 e. The fraction of sp³-hybridized carbons (Fsp3) is 0.897. The molecule has 0 unspecified atom stereocenters. The maximum atomic E-state index is 11.5. The largest absolute Gasteiger partial charge is 0.463 e. The molecule has 2 nitrogen and oxygen atoms in total. The molecule has 4 saturated carbocycles. The van der Waals surface area contributed by atoms with Crippen LogP contribution in [0.2, 0.25) is 0 Å². The zero-order chi connectivity index (χ0) is 22.4. The van der Waals surface area contributed by atoms with Crippen LogP contribution < -0.4 is 0 Å². The third-order valence-electron chi connectivity index (χ3n) is 11.0. The summed E-state index contributed by atoms with van der Waals surface area (Å²) in [4.78, 5) is 11.5. The molecule has 2 heteroatoms. The van der Waals surface area contributed by atoms with Crippen LogP contribution in [0.4, 0.5) is 0 Å². The van der Waals surface area contributed by atoms with Crippen molar-refractivity contribution in [3.05, 3.63) is 12.2 Å². The van der Waals surface area contributed by atoms with Crippen LogP contribution in [-0.2, 0) is 9.53 Å². The molecular weight excluding hydrogens is 380 g/mol. The van der Waals surface area contributed by atoms with Crippen molar-refractivity contribution in [2.45, 2.75) is 112 Å². The monoisotopic (exact) mass is 428 g/mol. The molecule has 0 aromatic rings. The summed E-state index contributed by atoms with van der Waals surface area (Å²) in [5, 5.41) is 0. The Morgan fingerprint density at radius 3 is 2.39 bits per heavy atom. The van der Waals surface area contributed by atoms with E-state index in [2.05, 4.69) is 46.8 Å². The van der Waals surface area contributed by atoms with Gasteiger partial charge in [-0.05, 0) is 110 Å². The fourth-order valence-electron chi connectivity index (χ4n) is 9.10. The third-order valence-corrected chi connectivity index (χ3v) is 11.0. The average molecular weight is 429 g/mol. The molecule has 0 aromatic carbocycles. The molecule has 4 rings (SSSR count). The summed E-state index contributed by atoms with van der Waals surface area (Å²) >= 11 is 0. The van der Waals surface area contributed by atoms with Crippen molar-refractivity contribution >= 4 is 5.97 Å².